The molecule has 3 aromatic rings. The van der Waals surface area contributed by atoms with Crippen molar-refractivity contribution in [1.82, 2.24) is 20.5 Å². The van der Waals surface area contributed by atoms with Crippen LogP contribution < -0.4 is 5.32 Å². The van der Waals surface area contributed by atoms with Gasteiger partial charge in [-0.3, -0.25) is 10.1 Å². The lowest BCUT2D eigenvalue weighted by Gasteiger charge is -2.17. The summed E-state index contributed by atoms with van der Waals surface area (Å²) < 4.78 is 0. The quantitative estimate of drug-likeness (QED) is 0.770. The molecule has 0 spiro atoms. The molecule has 0 aliphatic carbocycles. The molecule has 1 atom stereocenters. The number of halogens is 1. The summed E-state index contributed by atoms with van der Waals surface area (Å²) in [7, 11) is 0. The molecule has 0 saturated carbocycles. The summed E-state index contributed by atoms with van der Waals surface area (Å²) in [4.78, 5) is 4.60. The minimum atomic E-state index is 0.0153. The summed E-state index contributed by atoms with van der Waals surface area (Å²) in [6.07, 6.45) is 3.81. The molecule has 0 radical (unpaired) electrons. The van der Waals surface area contributed by atoms with E-state index in [-0.39, 0.29) is 5.92 Å². The van der Waals surface area contributed by atoms with Crippen LogP contribution in [0.3, 0.4) is 0 Å². The van der Waals surface area contributed by atoms with E-state index < -0.39 is 0 Å². The Morgan fingerprint density at radius 1 is 1.00 bits per heavy atom. The SMILES string of the molecule is Clc1ccc(C(c2ccccn2)c2n[nH]c3c2CCNCC3)cc1. The van der Waals surface area contributed by atoms with E-state index in [1.54, 1.807) is 0 Å². The molecule has 0 fully saturated rings. The summed E-state index contributed by atoms with van der Waals surface area (Å²) in [5.41, 5.74) is 5.81. The molecule has 1 unspecified atom stereocenters. The number of nitrogens with one attached hydrogen (secondary N) is 2. The van der Waals surface area contributed by atoms with Crippen LogP contribution in [-0.2, 0) is 12.8 Å². The summed E-state index contributed by atoms with van der Waals surface area (Å²) in [6, 6.07) is 14.0. The number of fused-ring (bicyclic) bond motifs is 1. The van der Waals surface area contributed by atoms with E-state index >= 15 is 0 Å². The lowest BCUT2D eigenvalue weighted by Crippen LogP contribution is -2.17. The molecular formula is C19H19ClN4. The van der Waals surface area contributed by atoms with Gasteiger partial charge < -0.3 is 5.32 Å². The van der Waals surface area contributed by atoms with Crippen LogP contribution in [0.4, 0.5) is 0 Å². The number of aromatic amines is 1. The molecule has 24 heavy (non-hydrogen) atoms. The van der Waals surface area contributed by atoms with Gasteiger partial charge in [0.1, 0.15) is 0 Å². The second-order valence-corrected chi connectivity index (χ2v) is 6.49. The van der Waals surface area contributed by atoms with Crippen molar-refractivity contribution in [2.45, 2.75) is 18.8 Å². The Bertz CT molecular complexity index is 811. The maximum Gasteiger partial charge on any atom is 0.0792 e. The molecule has 3 heterocycles. The predicted octanol–water partition coefficient (Wildman–Crippen LogP) is 3.33. The van der Waals surface area contributed by atoms with Gasteiger partial charge in [-0.25, -0.2) is 0 Å². The van der Waals surface area contributed by atoms with E-state index in [4.69, 9.17) is 11.6 Å². The van der Waals surface area contributed by atoms with Crippen LogP contribution in [0.1, 0.15) is 34.1 Å². The van der Waals surface area contributed by atoms with Crippen LogP contribution in [0.5, 0.6) is 0 Å². The first-order valence-electron chi connectivity index (χ1n) is 8.26. The number of nitrogens with zero attached hydrogens (tertiary/aromatic N) is 2. The summed E-state index contributed by atoms with van der Waals surface area (Å²) in [5, 5.41) is 12.1. The fourth-order valence-corrected chi connectivity index (χ4v) is 3.49. The van der Waals surface area contributed by atoms with Crippen molar-refractivity contribution in [3.63, 3.8) is 0 Å². The molecule has 122 valence electrons. The molecule has 4 rings (SSSR count). The largest absolute Gasteiger partial charge is 0.316 e. The van der Waals surface area contributed by atoms with Gasteiger partial charge in [-0.1, -0.05) is 29.8 Å². The number of aromatic nitrogens is 3. The van der Waals surface area contributed by atoms with Crippen LogP contribution in [0.2, 0.25) is 5.02 Å². The molecular weight excluding hydrogens is 320 g/mol. The lowest BCUT2D eigenvalue weighted by atomic mass is 9.88. The van der Waals surface area contributed by atoms with Crippen molar-refractivity contribution >= 4 is 11.6 Å². The zero-order valence-electron chi connectivity index (χ0n) is 13.3. The second kappa shape index (κ2) is 6.75. The van der Waals surface area contributed by atoms with Crippen molar-refractivity contribution in [3.05, 3.63) is 81.9 Å². The Morgan fingerprint density at radius 3 is 2.62 bits per heavy atom. The molecule has 1 aromatic carbocycles. The molecule has 1 aliphatic rings. The van der Waals surface area contributed by atoms with Crippen molar-refractivity contribution in [3.8, 4) is 0 Å². The Hall–Kier alpha value is -2.17. The minimum Gasteiger partial charge on any atom is -0.316 e. The van der Waals surface area contributed by atoms with E-state index in [0.717, 1.165) is 47.9 Å². The van der Waals surface area contributed by atoms with Crippen LogP contribution in [-0.4, -0.2) is 28.3 Å². The smallest absolute Gasteiger partial charge is 0.0792 e. The lowest BCUT2D eigenvalue weighted by molar-refractivity contribution is 0.697. The number of hydrogen-bond donors (Lipinski definition) is 2. The second-order valence-electron chi connectivity index (χ2n) is 6.06. The first-order chi connectivity index (χ1) is 11.8. The van der Waals surface area contributed by atoms with Gasteiger partial charge >= 0.3 is 0 Å². The van der Waals surface area contributed by atoms with Gasteiger partial charge in [0.2, 0.25) is 0 Å². The highest BCUT2D eigenvalue weighted by molar-refractivity contribution is 6.30. The number of H-pyrrole nitrogens is 1. The van der Waals surface area contributed by atoms with Crippen LogP contribution in [0, 0.1) is 0 Å². The number of pyridine rings is 1. The Balaban J connectivity index is 1.84. The number of benzene rings is 1. The highest BCUT2D eigenvalue weighted by Crippen LogP contribution is 2.33. The number of hydrogen-bond acceptors (Lipinski definition) is 3. The maximum absolute atomic E-state index is 6.08. The zero-order valence-corrected chi connectivity index (χ0v) is 14.1. The van der Waals surface area contributed by atoms with Gasteiger partial charge in [0.15, 0.2) is 0 Å². The Morgan fingerprint density at radius 2 is 1.83 bits per heavy atom. The highest BCUT2D eigenvalue weighted by Gasteiger charge is 2.26. The van der Waals surface area contributed by atoms with Gasteiger partial charge in [-0.15, -0.1) is 0 Å². The average Bonchev–Trinajstić information content (AvgIpc) is 2.86. The zero-order chi connectivity index (χ0) is 16.4. The summed E-state index contributed by atoms with van der Waals surface area (Å²) in [5.74, 6) is 0.0153. The van der Waals surface area contributed by atoms with E-state index in [0.29, 0.717) is 0 Å². The standard InChI is InChI=1S/C19H19ClN4/c20-14-6-4-13(5-7-14)18(17-3-1-2-10-22-17)19-15-8-11-21-12-9-16(15)23-24-19/h1-7,10,18,21H,8-9,11-12H2,(H,23,24). The summed E-state index contributed by atoms with van der Waals surface area (Å²) in [6.45, 7) is 1.97. The Labute approximate surface area is 146 Å². The predicted molar refractivity (Wildman–Crippen MR) is 95.5 cm³/mol. The Kier molecular flexibility index (Phi) is 4.32. The fourth-order valence-electron chi connectivity index (χ4n) is 3.36. The van der Waals surface area contributed by atoms with E-state index in [1.807, 2.05) is 30.5 Å². The molecule has 4 nitrogen and oxygen atoms in total. The van der Waals surface area contributed by atoms with Crippen LogP contribution in [0.15, 0.2) is 48.7 Å². The van der Waals surface area contributed by atoms with Gasteiger partial charge in [-0.05, 0) is 48.4 Å². The minimum absolute atomic E-state index is 0.0153. The van der Waals surface area contributed by atoms with Crippen LogP contribution >= 0.6 is 11.6 Å². The van der Waals surface area contributed by atoms with Crippen molar-refractivity contribution in [2.75, 3.05) is 13.1 Å². The van der Waals surface area contributed by atoms with Crippen molar-refractivity contribution < 1.29 is 0 Å². The molecule has 0 bridgehead atoms. The number of rotatable bonds is 3. The highest BCUT2D eigenvalue weighted by atomic mass is 35.5. The fraction of sp³-hybridized carbons (Fsp3) is 0.263. The van der Waals surface area contributed by atoms with Gasteiger partial charge in [0, 0.05) is 29.9 Å². The molecule has 0 saturated heterocycles. The monoisotopic (exact) mass is 338 g/mol. The molecule has 2 N–H and O–H groups in total. The van der Waals surface area contributed by atoms with E-state index in [2.05, 4.69) is 38.7 Å². The molecule has 2 aromatic heterocycles. The summed E-state index contributed by atoms with van der Waals surface area (Å²) >= 11 is 6.08. The first kappa shape index (κ1) is 15.4. The van der Waals surface area contributed by atoms with E-state index in [1.165, 1.54) is 11.3 Å². The van der Waals surface area contributed by atoms with Crippen molar-refractivity contribution in [1.29, 1.82) is 0 Å². The third-order valence-corrected chi connectivity index (χ3v) is 4.80. The molecule has 0 amide bonds. The van der Waals surface area contributed by atoms with Crippen molar-refractivity contribution in [2.24, 2.45) is 0 Å². The van der Waals surface area contributed by atoms with Gasteiger partial charge in [0.25, 0.3) is 0 Å². The van der Waals surface area contributed by atoms with Gasteiger partial charge in [0.05, 0.1) is 17.3 Å². The van der Waals surface area contributed by atoms with Gasteiger partial charge in [-0.2, -0.15) is 5.10 Å². The third-order valence-electron chi connectivity index (χ3n) is 4.55. The van der Waals surface area contributed by atoms with E-state index in [9.17, 15) is 0 Å². The molecule has 1 aliphatic heterocycles. The van der Waals surface area contributed by atoms with Crippen LogP contribution in [0.25, 0.3) is 0 Å². The topological polar surface area (TPSA) is 53.6 Å². The first-order valence-corrected chi connectivity index (χ1v) is 8.64. The molecule has 5 heteroatoms. The third kappa shape index (κ3) is 2.95. The normalized spacial score (nSPS) is 15.5. The average molecular weight is 339 g/mol. The maximum atomic E-state index is 6.08.